The largest absolute Gasteiger partial charge is 0.493 e. The topological polar surface area (TPSA) is 94.9 Å². The number of para-hydroxylation sites is 2. The summed E-state index contributed by atoms with van der Waals surface area (Å²) in [6.07, 6.45) is -0.637. The van der Waals surface area contributed by atoms with Crippen molar-refractivity contribution in [3.63, 3.8) is 0 Å². The van der Waals surface area contributed by atoms with Crippen molar-refractivity contribution in [1.82, 2.24) is 4.90 Å². The average Bonchev–Trinajstić information content (AvgIpc) is 3.15. The number of likely N-dealkylation sites (N-methyl/N-ethyl adjacent to an activating group) is 1. The smallest absolute Gasteiger partial charge is 0.241 e. The van der Waals surface area contributed by atoms with E-state index in [0.717, 1.165) is 24.5 Å². The van der Waals surface area contributed by atoms with Crippen LogP contribution in [0.15, 0.2) is 24.3 Å². The minimum absolute atomic E-state index is 0.135. The minimum atomic E-state index is -1.54. The lowest BCUT2D eigenvalue weighted by Gasteiger charge is -2.34. The van der Waals surface area contributed by atoms with Crippen molar-refractivity contribution in [2.45, 2.75) is 36.6 Å². The zero-order valence-corrected chi connectivity index (χ0v) is 14.2. The van der Waals surface area contributed by atoms with Crippen LogP contribution in [0.4, 0.5) is 0 Å². The van der Waals surface area contributed by atoms with E-state index in [1.165, 1.54) is 0 Å². The maximum absolute atomic E-state index is 10.0. The number of nitrogens with zero attached hydrogens (tertiary/aromatic N) is 1. The molecule has 0 aromatic heterocycles. The number of aliphatic hydroxyl groups excluding tert-OH is 2. The summed E-state index contributed by atoms with van der Waals surface area (Å²) < 4.78 is 15.4. The molecule has 1 aromatic carbocycles. The first-order chi connectivity index (χ1) is 11.4. The van der Waals surface area contributed by atoms with E-state index in [9.17, 15) is 15.3 Å². The van der Waals surface area contributed by atoms with Gasteiger partial charge < -0.3 is 29.5 Å². The maximum atomic E-state index is 10.0. The van der Waals surface area contributed by atoms with Crippen LogP contribution < -0.4 is 9.47 Å². The van der Waals surface area contributed by atoms with Crippen LogP contribution in [0.3, 0.4) is 0 Å². The van der Waals surface area contributed by atoms with Crippen molar-refractivity contribution in [2.24, 2.45) is 5.92 Å². The van der Waals surface area contributed by atoms with Gasteiger partial charge in [0.15, 0.2) is 17.2 Å². The molecule has 1 aromatic rings. The Bertz CT molecular complexity index is 575. The number of hydrogen-bond donors (Lipinski definition) is 3. The lowest BCUT2D eigenvalue weighted by molar-refractivity contribution is -0.141. The van der Waals surface area contributed by atoms with Gasteiger partial charge in [-0.1, -0.05) is 12.1 Å². The molecule has 7 heteroatoms. The van der Waals surface area contributed by atoms with Gasteiger partial charge in [0.25, 0.3) is 0 Å². The Hall–Kier alpha value is -1.38. The SMILES string of the molecule is CN1CCC2CC(O)C(O)C3(O)O[C@]213.COc1ccccc1OC. The summed E-state index contributed by atoms with van der Waals surface area (Å²) in [6, 6.07) is 7.53. The molecular weight excluding hydrogens is 314 g/mol. The molecule has 2 heterocycles. The van der Waals surface area contributed by atoms with Gasteiger partial charge in [0, 0.05) is 12.5 Å². The van der Waals surface area contributed by atoms with Gasteiger partial charge in [-0.3, -0.25) is 4.90 Å². The molecule has 24 heavy (non-hydrogen) atoms. The monoisotopic (exact) mass is 339 g/mol. The Morgan fingerprint density at radius 3 is 2.29 bits per heavy atom. The van der Waals surface area contributed by atoms with Gasteiger partial charge >= 0.3 is 0 Å². The number of hydrogen-bond acceptors (Lipinski definition) is 7. The van der Waals surface area contributed by atoms with Crippen molar-refractivity contribution < 1.29 is 29.5 Å². The first-order valence-corrected chi connectivity index (χ1v) is 8.07. The van der Waals surface area contributed by atoms with Gasteiger partial charge in [0.1, 0.15) is 6.10 Å². The molecule has 3 N–H and O–H groups in total. The number of aliphatic hydroxyl groups is 3. The molecule has 134 valence electrons. The van der Waals surface area contributed by atoms with Crippen molar-refractivity contribution in [3.05, 3.63) is 24.3 Å². The number of epoxide rings is 1. The van der Waals surface area contributed by atoms with Crippen molar-refractivity contribution in [1.29, 1.82) is 0 Å². The predicted octanol–water partition coefficient (Wildman–Crippen LogP) is 0.182. The number of methoxy groups -OCH3 is 2. The molecule has 3 aliphatic rings. The summed E-state index contributed by atoms with van der Waals surface area (Å²) in [6.45, 7) is 0.840. The fraction of sp³-hybridized carbons (Fsp3) is 0.647. The normalized spacial score (nSPS) is 40.0. The number of ether oxygens (including phenoxy) is 3. The average molecular weight is 339 g/mol. The predicted molar refractivity (Wildman–Crippen MR) is 85.7 cm³/mol. The Balaban J connectivity index is 0.000000150. The number of rotatable bonds is 2. The van der Waals surface area contributed by atoms with Crippen LogP contribution in [0.1, 0.15) is 12.8 Å². The molecule has 3 fully saturated rings. The molecule has 1 saturated carbocycles. The molecule has 4 unspecified atom stereocenters. The molecule has 5 atom stereocenters. The highest BCUT2D eigenvalue weighted by Crippen LogP contribution is 2.63. The second kappa shape index (κ2) is 6.16. The van der Waals surface area contributed by atoms with Gasteiger partial charge in [-0.25, -0.2) is 0 Å². The van der Waals surface area contributed by atoms with Crippen LogP contribution >= 0.6 is 0 Å². The van der Waals surface area contributed by atoms with Gasteiger partial charge in [0.2, 0.25) is 5.79 Å². The zero-order valence-electron chi connectivity index (χ0n) is 14.2. The summed E-state index contributed by atoms with van der Waals surface area (Å²) in [5.74, 6) is 0.131. The van der Waals surface area contributed by atoms with E-state index in [-0.39, 0.29) is 5.92 Å². The van der Waals surface area contributed by atoms with Crippen LogP contribution in [0.2, 0.25) is 0 Å². The van der Waals surface area contributed by atoms with Crippen LogP contribution in [0, 0.1) is 5.92 Å². The van der Waals surface area contributed by atoms with E-state index in [1.807, 2.05) is 36.2 Å². The van der Waals surface area contributed by atoms with Gasteiger partial charge in [-0.05, 0) is 32.0 Å². The zero-order chi connectivity index (χ0) is 17.5. The Morgan fingerprint density at radius 2 is 1.75 bits per heavy atom. The summed E-state index contributed by atoms with van der Waals surface area (Å²) >= 11 is 0. The highest BCUT2D eigenvalue weighted by atomic mass is 16.8. The molecule has 0 bridgehead atoms. The third-order valence-corrected chi connectivity index (χ3v) is 5.30. The lowest BCUT2D eigenvalue weighted by atomic mass is 9.79. The van der Waals surface area contributed by atoms with Crippen molar-refractivity contribution in [2.75, 3.05) is 27.8 Å². The third kappa shape index (κ3) is 2.39. The molecule has 1 spiro atoms. The second-order valence-electron chi connectivity index (χ2n) is 6.50. The van der Waals surface area contributed by atoms with E-state index in [1.54, 1.807) is 14.2 Å². The first-order valence-electron chi connectivity index (χ1n) is 8.07. The van der Waals surface area contributed by atoms with Gasteiger partial charge in [-0.2, -0.15) is 0 Å². The molecule has 1 aliphatic carbocycles. The molecule has 2 saturated heterocycles. The van der Waals surface area contributed by atoms with Crippen molar-refractivity contribution in [3.8, 4) is 11.5 Å². The van der Waals surface area contributed by atoms with Crippen molar-refractivity contribution >= 4 is 0 Å². The molecular formula is C17H25NO6. The summed E-state index contributed by atoms with van der Waals surface area (Å²) in [4.78, 5) is 1.94. The molecule has 2 aliphatic heterocycles. The summed E-state index contributed by atoms with van der Waals surface area (Å²) in [5, 5.41) is 29.3. The molecule has 4 rings (SSSR count). The van der Waals surface area contributed by atoms with Gasteiger partial charge in [0.05, 0.1) is 20.3 Å². The summed E-state index contributed by atoms with van der Waals surface area (Å²) in [5.41, 5.74) is -0.717. The Kier molecular flexibility index (Phi) is 4.48. The van der Waals surface area contributed by atoms with Crippen LogP contribution in [-0.4, -0.2) is 71.8 Å². The third-order valence-electron chi connectivity index (χ3n) is 5.30. The highest BCUT2D eigenvalue weighted by Gasteiger charge is 2.83. The minimum Gasteiger partial charge on any atom is -0.493 e. The quantitative estimate of drug-likeness (QED) is 0.662. The fourth-order valence-corrected chi connectivity index (χ4v) is 3.98. The van der Waals surface area contributed by atoms with E-state index in [2.05, 4.69) is 0 Å². The molecule has 0 radical (unpaired) electrons. The van der Waals surface area contributed by atoms with Crippen LogP contribution in [-0.2, 0) is 4.74 Å². The number of benzene rings is 1. The Morgan fingerprint density at radius 1 is 1.17 bits per heavy atom. The first kappa shape index (κ1) is 17.4. The highest BCUT2D eigenvalue weighted by molar-refractivity contribution is 5.39. The Labute approximate surface area is 141 Å². The van der Waals surface area contributed by atoms with E-state index >= 15 is 0 Å². The fourth-order valence-electron chi connectivity index (χ4n) is 3.98. The van der Waals surface area contributed by atoms with Gasteiger partial charge in [-0.15, -0.1) is 0 Å². The lowest BCUT2D eigenvalue weighted by Crippen LogP contribution is -2.55. The second-order valence-corrected chi connectivity index (χ2v) is 6.50. The number of likely N-dealkylation sites (tertiary alicyclic amines) is 1. The summed E-state index contributed by atoms with van der Waals surface area (Å²) in [7, 11) is 5.12. The van der Waals surface area contributed by atoms with Crippen LogP contribution in [0.5, 0.6) is 11.5 Å². The standard InChI is InChI=1S/C9H15NO4.C8H10O2/c1-10-3-2-5-4-6(11)7(12)9(13)8(5,10)14-9;1-9-7-5-3-4-6-8(7)10-2/h5-7,11-13H,2-4H2,1H3;3-6H,1-2H3/t5?,6?,7?,8-,9?;/m0./s1. The van der Waals surface area contributed by atoms with E-state index in [0.29, 0.717) is 6.42 Å². The van der Waals surface area contributed by atoms with E-state index < -0.39 is 23.7 Å². The van der Waals surface area contributed by atoms with E-state index in [4.69, 9.17) is 14.2 Å². The molecule has 7 nitrogen and oxygen atoms in total. The van der Waals surface area contributed by atoms with Crippen LogP contribution in [0.25, 0.3) is 0 Å². The molecule has 0 amide bonds. The maximum Gasteiger partial charge on any atom is 0.241 e.